The SMILES string of the molecule is CCCCC(=O)NCCC(CC)C(=O)Nc1ccc(N2CCC(N(C)C)C2)cc1. The Bertz CT molecular complexity index is 645. The third-order valence-corrected chi connectivity index (χ3v) is 5.83. The number of rotatable bonds is 11. The van der Waals surface area contributed by atoms with Gasteiger partial charge in [-0.15, -0.1) is 0 Å². The van der Waals surface area contributed by atoms with Gasteiger partial charge in [-0.1, -0.05) is 20.3 Å². The highest BCUT2D eigenvalue weighted by Gasteiger charge is 2.24. The van der Waals surface area contributed by atoms with E-state index in [2.05, 4.69) is 53.6 Å². The molecule has 0 aromatic heterocycles. The summed E-state index contributed by atoms with van der Waals surface area (Å²) < 4.78 is 0. The quantitative estimate of drug-likeness (QED) is 0.595. The summed E-state index contributed by atoms with van der Waals surface area (Å²) >= 11 is 0. The highest BCUT2D eigenvalue weighted by atomic mass is 16.2. The minimum Gasteiger partial charge on any atom is -0.370 e. The van der Waals surface area contributed by atoms with E-state index >= 15 is 0 Å². The Balaban J connectivity index is 1.80. The largest absolute Gasteiger partial charge is 0.370 e. The standard InChI is InChI=1S/C23H38N4O2/c1-5-7-8-22(28)24-15-13-18(6-2)23(29)25-19-9-11-20(12-10-19)27-16-14-21(17-27)26(3)4/h9-12,18,21H,5-8,13-17H2,1-4H3,(H,24,28)(H,25,29). The van der Waals surface area contributed by atoms with Crippen molar-refractivity contribution in [3.8, 4) is 0 Å². The van der Waals surface area contributed by atoms with Gasteiger partial charge in [0, 0.05) is 49.4 Å². The number of nitrogens with zero attached hydrogens (tertiary/aromatic N) is 2. The summed E-state index contributed by atoms with van der Waals surface area (Å²) in [4.78, 5) is 29.0. The lowest BCUT2D eigenvalue weighted by atomic mass is 10.0. The third-order valence-electron chi connectivity index (χ3n) is 5.83. The lowest BCUT2D eigenvalue weighted by Crippen LogP contribution is -2.31. The Kier molecular flexibility index (Phi) is 9.45. The molecule has 1 saturated heterocycles. The molecule has 1 fully saturated rings. The first kappa shape index (κ1) is 23.2. The summed E-state index contributed by atoms with van der Waals surface area (Å²) in [5.41, 5.74) is 2.03. The minimum absolute atomic E-state index is 0.0249. The first-order valence-electron chi connectivity index (χ1n) is 11.0. The maximum Gasteiger partial charge on any atom is 0.227 e. The van der Waals surface area contributed by atoms with Crippen LogP contribution in [0.5, 0.6) is 0 Å². The molecule has 0 saturated carbocycles. The van der Waals surface area contributed by atoms with E-state index < -0.39 is 0 Å². The van der Waals surface area contributed by atoms with Crippen LogP contribution in [0, 0.1) is 5.92 Å². The molecule has 1 heterocycles. The molecule has 6 heteroatoms. The number of hydrogen-bond donors (Lipinski definition) is 2. The molecule has 0 aliphatic carbocycles. The topological polar surface area (TPSA) is 64.7 Å². The molecule has 29 heavy (non-hydrogen) atoms. The zero-order valence-corrected chi connectivity index (χ0v) is 18.5. The molecular formula is C23H38N4O2. The van der Waals surface area contributed by atoms with Crippen LogP contribution in [0.3, 0.4) is 0 Å². The molecule has 1 aromatic carbocycles. The number of hydrogen-bond acceptors (Lipinski definition) is 4. The van der Waals surface area contributed by atoms with Crippen LogP contribution >= 0.6 is 0 Å². The predicted octanol–water partition coefficient (Wildman–Crippen LogP) is 3.49. The minimum atomic E-state index is -0.0967. The first-order chi connectivity index (χ1) is 13.9. The normalized spacial score (nSPS) is 17.4. The van der Waals surface area contributed by atoms with Crippen LogP contribution in [-0.2, 0) is 9.59 Å². The zero-order valence-electron chi connectivity index (χ0n) is 18.5. The van der Waals surface area contributed by atoms with Gasteiger partial charge in [0.15, 0.2) is 0 Å². The number of benzene rings is 1. The lowest BCUT2D eigenvalue weighted by molar-refractivity contribution is -0.122. The molecule has 2 amide bonds. The molecule has 162 valence electrons. The lowest BCUT2D eigenvalue weighted by Gasteiger charge is -2.22. The van der Waals surface area contributed by atoms with Gasteiger partial charge in [-0.05, 0) is 64.0 Å². The van der Waals surface area contributed by atoms with Gasteiger partial charge in [-0.2, -0.15) is 0 Å². The van der Waals surface area contributed by atoms with E-state index in [1.165, 1.54) is 12.1 Å². The molecule has 2 rings (SSSR count). The van der Waals surface area contributed by atoms with Crippen LogP contribution < -0.4 is 15.5 Å². The molecule has 1 aromatic rings. The van der Waals surface area contributed by atoms with Crippen molar-refractivity contribution in [1.82, 2.24) is 10.2 Å². The molecule has 2 N–H and O–H groups in total. The summed E-state index contributed by atoms with van der Waals surface area (Å²) in [7, 11) is 4.27. The fourth-order valence-corrected chi connectivity index (χ4v) is 3.73. The number of anilines is 2. The number of nitrogens with one attached hydrogen (secondary N) is 2. The molecule has 0 radical (unpaired) electrons. The average molecular weight is 403 g/mol. The smallest absolute Gasteiger partial charge is 0.227 e. The van der Waals surface area contributed by atoms with Gasteiger partial charge in [-0.25, -0.2) is 0 Å². The van der Waals surface area contributed by atoms with Gasteiger partial charge in [0.1, 0.15) is 0 Å². The van der Waals surface area contributed by atoms with E-state index in [1.807, 2.05) is 19.1 Å². The Morgan fingerprint density at radius 2 is 1.93 bits per heavy atom. The van der Waals surface area contributed by atoms with Crippen molar-refractivity contribution in [3.05, 3.63) is 24.3 Å². The van der Waals surface area contributed by atoms with E-state index in [9.17, 15) is 9.59 Å². The Hall–Kier alpha value is -2.08. The summed E-state index contributed by atoms with van der Waals surface area (Å²) in [6.45, 7) is 6.75. The summed E-state index contributed by atoms with van der Waals surface area (Å²) in [6.07, 6.45) is 5.09. The van der Waals surface area contributed by atoms with Crippen LogP contribution in [-0.4, -0.2) is 56.5 Å². The number of amides is 2. The molecular weight excluding hydrogens is 364 g/mol. The van der Waals surface area contributed by atoms with E-state index in [1.54, 1.807) is 0 Å². The van der Waals surface area contributed by atoms with Crippen LogP contribution in [0.15, 0.2) is 24.3 Å². The summed E-state index contributed by atoms with van der Waals surface area (Å²) in [5.74, 6) is 0.00797. The van der Waals surface area contributed by atoms with Gasteiger partial charge in [0.05, 0.1) is 0 Å². The van der Waals surface area contributed by atoms with Crippen LogP contribution in [0.4, 0.5) is 11.4 Å². The maximum absolute atomic E-state index is 12.6. The Morgan fingerprint density at radius 1 is 1.21 bits per heavy atom. The van der Waals surface area contributed by atoms with Crippen LogP contribution in [0.2, 0.25) is 0 Å². The number of unbranched alkanes of at least 4 members (excludes halogenated alkanes) is 1. The second-order valence-corrected chi connectivity index (χ2v) is 8.24. The Labute approximate surface area is 176 Å². The summed E-state index contributed by atoms with van der Waals surface area (Å²) in [6, 6.07) is 8.73. The van der Waals surface area contributed by atoms with Crippen molar-refractivity contribution < 1.29 is 9.59 Å². The van der Waals surface area contributed by atoms with Gasteiger partial charge in [0.25, 0.3) is 0 Å². The van der Waals surface area contributed by atoms with E-state index in [4.69, 9.17) is 0 Å². The number of carbonyl (C=O) groups is 2. The molecule has 6 nitrogen and oxygen atoms in total. The fourth-order valence-electron chi connectivity index (χ4n) is 3.73. The predicted molar refractivity (Wildman–Crippen MR) is 120 cm³/mol. The molecule has 2 atom stereocenters. The van der Waals surface area contributed by atoms with Crippen LogP contribution in [0.25, 0.3) is 0 Å². The summed E-state index contributed by atoms with van der Waals surface area (Å²) in [5, 5.41) is 5.96. The van der Waals surface area contributed by atoms with Crippen LogP contribution in [0.1, 0.15) is 52.4 Å². The van der Waals surface area contributed by atoms with E-state index in [-0.39, 0.29) is 17.7 Å². The first-order valence-corrected chi connectivity index (χ1v) is 11.0. The van der Waals surface area contributed by atoms with Crippen molar-refractivity contribution in [3.63, 3.8) is 0 Å². The molecule has 0 spiro atoms. The van der Waals surface area contributed by atoms with Gasteiger partial charge < -0.3 is 20.4 Å². The Morgan fingerprint density at radius 3 is 2.52 bits per heavy atom. The highest BCUT2D eigenvalue weighted by molar-refractivity contribution is 5.92. The second-order valence-electron chi connectivity index (χ2n) is 8.24. The van der Waals surface area contributed by atoms with Crippen molar-refractivity contribution in [2.45, 2.75) is 58.4 Å². The van der Waals surface area contributed by atoms with Crippen molar-refractivity contribution >= 4 is 23.2 Å². The molecule has 2 unspecified atom stereocenters. The monoisotopic (exact) mass is 402 g/mol. The van der Waals surface area contributed by atoms with E-state index in [0.717, 1.165) is 38.0 Å². The number of likely N-dealkylation sites (N-methyl/N-ethyl adjacent to an activating group) is 1. The highest BCUT2D eigenvalue weighted by Crippen LogP contribution is 2.24. The zero-order chi connectivity index (χ0) is 21.2. The average Bonchev–Trinajstić information content (AvgIpc) is 3.20. The van der Waals surface area contributed by atoms with Crippen molar-refractivity contribution in [1.29, 1.82) is 0 Å². The maximum atomic E-state index is 12.6. The third kappa shape index (κ3) is 7.35. The fraction of sp³-hybridized carbons (Fsp3) is 0.652. The van der Waals surface area contributed by atoms with Gasteiger partial charge in [0.2, 0.25) is 11.8 Å². The van der Waals surface area contributed by atoms with Crippen molar-refractivity contribution in [2.24, 2.45) is 5.92 Å². The number of carbonyl (C=O) groups excluding carboxylic acids is 2. The van der Waals surface area contributed by atoms with Gasteiger partial charge >= 0.3 is 0 Å². The second kappa shape index (κ2) is 11.8. The molecule has 0 bridgehead atoms. The molecule has 1 aliphatic heterocycles. The van der Waals surface area contributed by atoms with Gasteiger partial charge in [-0.3, -0.25) is 9.59 Å². The van der Waals surface area contributed by atoms with E-state index in [0.29, 0.717) is 25.4 Å². The molecule has 1 aliphatic rings. The van der Waals surface area contributed by atoms with Crippen molar-refractivity contribution in [2.75, 3.05) is 43.9 Å².